The minimum Gasteiger partial charge on any atom is -0.331 e. The highest BCUT2D eigenvalue weighted by Crippen LogP contribution is 2.61. The molecule has 5 aliphatic rings. The fourth-order valence-electron chi connectivity index (χ4n) is 7.68. The van der Waals surface area contributed by atoms with Crippen LogP contribution in [0.5, 0.6) is 0 Å². The van der Waals surface area contributed by atoms with Crippen molar-refractivity contribution in [2.75, 3.05) is 6.54 Å². The second-order valence-corrected chi connectivity index (χ2v) is 10.7. The highest BCUT2D eigenvalue weighted by molar-refractivity contribution is 5.84. The molecule has 4 saturated carbocycles. The summed E-state index contributed by atoms with van der Waals surface area (Å²) in [7, 11) is 0. The van der Waals surface area contributed by atoms with E-state index in [0.29, 0.717) is 24.3 Å². The van der Waals surface area contributed by atoms with Gasteiger partial charge in [0.05, 0.1) is 17.0 Å². The smallest absolute Gasteiger partial charge is 0.331 e. The standard InChI is InChI=1S/C27H28F3NO/c28-27(29,30)22-7-5-21(6-8-22)24-23-4-2-1-3-20(23)9-10-31(24)25(32)26-14-17-11-18(15-26)13-19(12-17)16-26/h1-8,17-19,24H,9-16H2/t17?,18?,19?,24-,26?/m1/s1. The van der Waals surface area contributed by atoms with Crippen LogP contribution in [0, 0.1) is 23.2 Å². The molecule has 0 spiro atoms. The van der Waals surface area contributed by atoms with E-state index in [1.165, 1.54) is 24.8 Å². The van der Waals surface area contributed by atoms with Gasteiger partial charge in [0.1, 0.15) is 0 Å². The summed E-state index contributed by atoms with van der Waals surface area (Å²) in [5.74, 6) is 2.27. The van der Waals surface area contributed by atoms with Crippen molar-refractivity contribution < 1.29 is 18.0 Å². The van der Waals surface area contributed by atoms with Crippen molar-refractivity contribution in [3.8, 4) is 0 Å². The number of hydrogen-bond donors (Lipinski definition) is 0. The monoisotopic (exact) mass is 439 g/mol. The maximum absolute atomic E-state index is 14.2. The molecule has 0 saturated heterocycles. The lowest BCUT2D eigenvalue weighted by atomic mass is 9.49. The van der Waals surface area contributed by atoms with Crippen molar-refractivity contribution in [1.29, 1.82) is 0 Å². The number of carbonyl (C=O) groups is 1. The lowest BCUT2D eigenvalue weighted by Crippen LogP contribution is -2.56. The SMILES string of the molecule is O=C(N1CCc2ccccc2[C@H]1c1ccc(C(F)(F)F)cc1)C12CC3CC(CC(C3)C1)C2. The molecule has 168 valence electrons. The van der Waals surface area contributed by atoms with Crippen molar-refractivity contribution in [1.82, 2.24) is 4.90 Å². The summed E-state index contributed by atoms with van der Waals surface area (Å²) < 4.78 is 39.5. The zero-order chi connectivity index (χ0) is 22.1. The summed E-state index contributed by atoms with van der Waals surface area (Å²) in [4.78, 5) is 16.2. The van der Waals surface area contributed by atoms with E-state index in [1.54, 1.807) is 12.1 Å². The second-order valence-electron chi connectivity index (χ2n) is 10.7. The number of nitrogens with zero attached hydrogens (tertiary/aromatic N) is 1. The summed E-state index contributed by atoms with van der Waals surface area (Å²) in [6.07, 6.45) is 3.25. The maximum Gasteiger partial charge on any atom is 0.416 e. The average Bonchev–Trinajstić information content (AvgIpc) is 2.76. The van der Waals surface area contributed by atoms with Crippen LogP contribution in [0.25, 0.3) is 0 Å². The third-order valence-electron chi connectivity index (χ3n) is 8.59. The molecule has 7 rings (SSSR count). The third-order valence-corrected chi connectivity index (χ3v) is 8.59. The van der Waals surface area contributed by atoms with Crippen LogP contribution in [0.15, 0.2) is 48.5 Å². The first-order valence-corrected chi connectivity index (χ1v) is 11.9. The van der Waals surface area contributed by atoms with Crippen molar-refractivity contribution >= 4 is 5.91 Å². The number of fused-ring (bicyclic) bond motifs is 1. The lowest BCUT2D eigenvalue weighted by molar-refractivity contribution is -0.160. The number of rotatable bonds is 2. The predicted molar refractivity (Wildman–Crippen MR) is 116 cm³/mol. The van der Waals surface area contributed by atoms with Gasteiger partial charge in [0.25, 0.3) is 0 Å². The Morgan fingerprint density at radius 2 is 1.47 bits per heavy atom. The molecule has 0 N–H and O–H groups in total. The molecular weight excluding hydrogens is 411 g/mol. The molecule has 0 radical (unpaired) electrons. The van der Waals surface area contributed by atoms with Crippen LogP contribution in [0.4, 0.5) is 13.2 Å². The first kappa shape index (κ1) is 20.3. The topological polar surface area (TPSA) is 20.3 Å². The van der Waals surface area contributed by atoms with Gasteiger partial charge in [-0.3, -0.25) is 4.79 Å². The summed E-state index contributed by atoms with van der Waals surface area (Å²) in [5, 5.41) is 0. The number of alkyl halides is 3. The van der Waals surface area contributed by atoms with Gasteiger partial charge < -0.3 is 4.90 Å². The highest BCUT2D eigenvalue weighted by Gasteiger charge is 2.56. The van der Waals surface area contributed by atoms with Gasteiger partial charge in [0.15, 0.2) is 0 Å². The minimum absolute atomic E-state index is 0.246. The van der Waals surface area contributed by atoms with Crippen LogP contribution in [0.1, 0.15) is 66.8 Å². The molecule has 32 heavy (non-hydrogen) atoms. The van der Waals surface area contributed by atoms with Crippen LogP contribution < -0.4 is 0 Å². The number of amides is 1. The van der Waals surface area contributed by atoms with Gasteiger partial charge in [-0.25, -0.2) is 0 Å². The molecule has 4 bridgehead atoms. The van der Waals surface area contributed by atoms with E-state index < -0.39 is 11.7 Å². The van der Waals surface area contributed by atoms with E-state index in [4.69, 9.17) is 0 Å². The van der Waals surface area contributed by atoms with Crippen molar-refractivity contribution in [3.05, 3.63) is 70.8 Å². The van der Waals surface area contributed by atoms with Crippen LogP contribution in [-0.2, 0) is 17.4 Å². The quantitative estimate of drug-likeness (QED) is 0.531. The van der Waals surface area contributed by atoms with E-state index in [-0.39, 0.29) is 17.4 Å². The maximum atomic E-state index is 14.2. The molecule has 4 aliphatic carbocycles. The molecule has 2 nitrogen and oxygen atoms in total. The molecule has 1 heterocycles. The number of halogens is 3. The molecule has 1 amide bonds. The Bertz CT molecular complexity index is 1010. The van der Waals surface area contributed by atoms with E-state index >= 15 is 0 Å². The lowest BCUT2D eigenvalue weighted by Gasteiger charge is -2.57. The van der Waals surface area contributed by atoms with Crippen LogP contribution in [0.3, 0.4) is 0 Å². The molecule has 1 aliphatic heterocycles. The first-order valence-electron chi connectivity index (χ1n) is 11.9. The van der Waals surface area contributed by atoms with Gasteiger partial charge in [-0.15, -0.1) is 0 Å². The summed E-state index contributed by atoms with van der Waals surface area (Å²) >= 11 is 0. The van der Waals surface area contributed by atoms with Gasteiger partial charge in [0.2, 0.25) is 5.91 Å². The number of benzene rings is 2. The van der Waals surface area contributed by atoms with Gasteiger partial charge >= 0.3 is 6.18 Å². The first-order chi connectivity index (χ1) is 15.3. The van der Waals surface area contributed by atoms with Crippen molar-refractivity contribution in [2.45, 2.75) is 57.2 Å². The Kier molecular flexibility index (Phi) is 4.51. The Labute approximate surface area is 186 Å². The Morgan fingerprint density at radius 1 is 0.875 bits per heavy atom. The van der Waals surface area contributed by atoms with Gasteiger partial charge in [0, 0.05) is 6.54 Å². The molecule has 0 unspecified atom stereocenters. The average molecular weight is 440 g/mol. The largest absolute Gasteiger partial charge is 0.416 e. The molecule has 1 atom stereocenters. The van der Waals surface area contributed by atoms with E-state index in [2.05, 4.69) is 6.07 Å². The summed E-state index contributed by atoms with van der Waals surface area (Å²) in [5.41, 5.74) is 2.10. The molecule has 4 fully saturated rings. The van der Waals surface area contributed by atoms with E-state index in [9.17, 15) is 18.0 Å². The Hall–Kier alpha value is -2.30. The second kappa shape index (κ2) is 7.10. The van der Waals surface area contributed by atoms with E-state index in [1.807, 2.05) is 23.1 Å². The van der Waals surface area contributed by atoms with Gasteiger partial charge in [-0.2, -0.15) is 13.2 Å². The zero-order valence-electron chi connectivity index (χ0n) is 18.1. The Balaban J connectivity index is 1.39. The van der Waals surface area contributed by atoms with Crippen LogP contribution in [-0.4, -0.2) is 17.4 Å². The molecular formula is C27H28F3NO. The fraction of sp³-hybridized carbons (Fsp3) is 0.519. The van der Waals surface area contributed by atoms with Crippen LogP contribution in [0.2, 0.25) is 0 Å². The fourth-order valence-corrected chi connectivity index (χ4v) is 7.68. The van der Waals surface area contributed by atoms with Crippen molar-refractivity contribution in [2.24, 2.45) is 23.2 Å². The highest BCUT2D eigenvalue weighted by atomic mass is 19.4. The van der Waals surface area contributed by atoms with Crippen LogP contribution >= 0.6 is 0 Å². The van der Waals surface area contributed by atoms with Gasteiger partial charge in [-0.1, -0.05) is 36.4 Å². The Morgan fingerprint density at radius 3 is 2.06 bits per heavy atom. The minimum atomic E-state index is -4.36. The number of hydrogen-bond acceptors (Lipinski definition) is 1. The summed E-state index contributed by atoms with van der Waals surface area (Å²) in [6, 6.07) is 13.2. The molecule has 5 heteroatoms. The predicted octanol–water partition coefficient (Wildman–Crippen LogP) is 6.40. The van der Waals surface area contributed by atoms with Gasteiger partial charge in [-0.05, 0) is 91.5 Å². The number of carbonyl (C=O) groups excluding carboxylic acids is 1. The molecule has 0 aromatic heterocycles. The molecule has 2 aromatic rings. The van der Waals surface area contributed by atoms with E-state index in [0.717, 1.165) is 48.9 Å². The summed E-state index contributed by atoms with van der Waals surface area (Å²) in [6.45, 7) is 0.628. The van der Waals surface area contributed by atoms with Crippen molar-refractivity contribution in [3.63, 3.8) is 0 Å². The normalized spacial score (nSPS) is 33.3. The third kappa shape index (κ3) is 3.19. The molecule has 2 aromatic carbocycles. The zero-order valence-corrected chi connectivity index (χ0v) is 18.1.